The van der Waals surface area contributed by atoms with Crippen LogP contribution in [0, 0.1) is 5.92 Å². The Bertz CT molecular complexity index is 363. The summed E-state index contributed by atoms with van der Waals surface area (Å²) in [6.45, 7) is -1.39. The Morgan fingerprint density at radius 1 is 1.42 bits per heavy atom. The monoisotopic (exact) mass is 278 g/mol. The maximum absolute atomic E-state index is 12.3. The number of carbonyl (C=O) groups is 2. The number of rotatable bonds is 6. The van der Waals surface area contributed by atoms with Crippen LogP contribution in [0.5, 0.6) is 0 Å². The summed E-state index contributed by atoms with van der Waals surface area (Å²) in [5.74, 6) is -1.67. The fraction of sp³-hybridized carbons (Fsp3) is 0.636. The summed E-state index contributed by atoms with van der Waals surface area (Å²) in [4.78, 5) is 23.2. The van der Waals surface area contributed by atoms with E-state index < -0.39 is 43.5 Å². The standard InChI is InChI=1S/C11H16F2N2O4/c12-9(13)6-15(3-4-16)11(19)14-8-2-1-7(5-8)10(17)18/h1-2,7-9,16H,3-6H2,(H,14,19)(H,17,18). The van der Waals surface area contributed by atoms with Gasteiger partial charge in [-0.05, 0) is 6.42 Å². The smallest absolute Gasteiger partial charge is 0.318 e. The maximum Gasteiger partial charge on any atom is 0.318 e. The van der Waals surface area contributed by atoms with Crippen molar-refractivity contribution in [3.05, 3.63) is 12.2 Å². The van der Waals surface area contributed by atoms with Crippen LogP contribution in [0.3, 0.4) is 0 Å². The Kier molecular flexibility index (Phi) is 5.68. The van der Waals surface area contributed by atoms with Crippen molar-refractivity contribution in [3.8, 4) is 0 Å². The molecule has 1 aliphatic carbocycles. The lowest BCUT2D eigenvalue weighted by atomic mass is 10.1. The average Bonchev–Trinajstić information content (AvgIpc) is 2.76. The molecule has 8 heteroatoms. The van der Waals surface area contributed by atoms with Gasteiger partial charge < -0.3 is 20.4 Å². The normalized spacial score (nSPS) is 21.7. The van der Waals surface area contributed by atoms with E-state index in [1.807, 2.05) is 0 Å². The van der Waals surface area contributed by atoms with Crippen LogP contribution in [0.15, 0.2) is 12.2 Å². The summed E-state index contributed by atoms with van der Waals surface area (Å²) < 4.78 is 24.5. The molecule has 2 amide bonds. The maximum atomic E-state index is 12.3. The molecule has 6 nitrogen and oxygen atoms in total. The van der Waals surface area contributed by atoms with Crippen molar-refractivity contribution in [2.24, 2.45) is 5.92 Å². The number of amides is 2. The van der Waals surface area contributed by atoms with Crippen molar-refractivity contribution in [2.45, 2.75) is 18.9 Å². The van der Waals surface area contributed by atoms with E-state index in [0.717, 1.165) is 4.90 Å². The molecule has 0 radical (unpaired) electrons. The van der Waals surface area contributed by atoms with Crippen molar-refractivity contribution in [1.82, 2.24) is 10.2 Å². The minimum Gasteiger partial charge on any atom is -0.481 e. The molecule has 0 bridgehead atoms. The fourth-order valence-corrected chi connectivity index (χ4v) is 1.80. The summed E-state index contributed by atoms with van der Waals surface area (Å²) in [5, 5.41) is 19.9. The third-order valence-electron chi connectivity index (χ3n) is 2.73. The molecule has 0 saturated heterocycles. The number of carboxylic acid groups (broad SMARTS) is 1. The van der Waals surface area contributed by atoms with Gasteiger partial charge in [0.1, 0.15) is 0 Å². The van der Waals surface area contributed by atoms with Gasteiger partial charge in [-0.25, -0.2) is 13.6 Å². The summed E-state index contributed by atoms with van der Waals surface area (Å²) in [6.07, 6.45) is 0.485. The molecule has 0 spiro atoms. The van der Waals surface area contributed by atoms with Gasteiger partial charge in [0.05, 0.1) is 25.1 Å². The number of alkyl halides is 2. The van der Waals surface area contributed by atoms with Crippen LogP contribution in [0.4, 0.5) is 13.6 Å². The van der Waals surface area contributed by atoms with Gasteiger partial charge in [-0.3, -0.25) is 4.79 Å². The fourth-order valence-electron chi connectivity index (χ4n) is 1.80. The molecule has 2 unspecified atom stereocenters. The van der Waals surface area contributed by atoms with Crippen molar-refractivity contribution < 1.29 is 28.6 Å². The lowest BCUT2D eigenvalue weighted by Crippen LogP contribution is -2.47. The third-order valence-corrected chi connectivity index (χ3v) is 2.73. The Morgan fingerprint density at radius 3 is 2.58 bits per heavy atom. The molecule has 0 saturated carbocycles. The number of nitrogens with zero attached hydrogens (tertiary/aromatic N) is 1. The second-order valence-electron chi connectivity index (χ2n) is 4.18. The van der Waals surface area contributed by atoms with Crippen molar-refractivity contribution in [2.75, 3.05) is 19.7 Å². The molecule has 1 aliphatic rings. The molecule has 19 heavy (non-hydrogen) atoms. The number of hydrogen-bond acceptors (Lipinski definition) is 3. The molecule has 3 N–H and O–H groups in total. The number of carboxylic acids is 1. The molecular formula is C11H16F2N2O4. The molecule has 0 heterocycles. The predicted octanol–water partition coefficient (Wildman–Crippen LogP) is 0.285. The molecule has 1 rings (SSSR count). The summed E-state index contributed by atoms with van der Waals surface area (Å²) >= 11 is 0. The van der Waals surface area contributed by atoms with E-state index in [1.54, 1.807) is 0 Å². The number of carbonyl (C=O) groups excluding carboxylic acids is 1. The number of hydrogen-bond donors (Lipinski definition) is 3. The first kappa shape index (κ1) is 15.4. The molecule has 2 atom stereocenters. The minimum absolute atomic E-state index is 0.197. The lowest BCUT2D eigenvalue weighted by molar-refractivity contribution is -0.140. The van der Waals surface area contributed by atoms with Crippen LogP contribution in [0.2, 0.25) is 0 Å². The van der Waals surface area contributed by atoms with Gasteiger partial charge >= 0.3 is 12.0 Å². The van der Waals surface area contributed by atoms with E-state index in [0.29, 0.717) is 0 Å². The zero-order valence-electron chi connectivity index (χ0n) is 10.1. The highest BCUT2D eigenvalue weighted by molar-refractivity contribution is 5.76. The van der Waals surface area contributed by atoms with E-state index in [2.05, 4.69) is 5.32 Å². The van der Waals surface area contributed by atoms with E-state index in [-0.39, 0.29) is 13.0 Å². The van der Waals surface area contributed by atoms with Gasteiger partial charge in [-0.1, -0.05) is 12.2 Å². The summed E-state index contributed by atoms with van der Waals surface area (Å²) in [7, 11) is 0. The molecule has 0 aliphatic heterocycles. The van der Waals surface area contributed by atoms with E-state index >= 15 is 0 Å². The van der Waals surface area contributed by atoms with E-state index in [4.69, 9.17) is 10.2 Å². The lowest BCUT2D eigenvalue weighted by Gasteiger charge is -2.23. The van der Waals surface area contributed by atoms with Crippen LogP contribution in [-0.4, -0.2) is 59.3 Å². The average molecular weight is 278 g/mol. The highest BCUT2D eigenvalue weighted by Gasteiger charge is 2.27. The first-order valence-electron chi connectivity index (χ1n) is 5.79. The molecule has 0 aromatic heterocycles. The summed E-state index contributed by atoms with van der Waals surface area (Å²) in [5.41, 5.74) is 0. The van der Waals surface area contributed by atoms with Crippen molar-refractivity contribution in [1.29, 1.82) is 0 Å². The zero-order valence-corrected chi connectivity index (χ0v) is 10.1. The second-order valence-corrected chi connectivity index (χ2v) is 4.18. The van der Waals surface area contributed by atoms with Crippen LogP contribution in [0.25, 0.3) is 0 Å². The topological polar surface area (TPSA) is 89.9 Å². The van der Waals surface area contributed by atoms with Crippen molar-refractivity contribution >= 4 is 12.0 Å². The number of nitrogens with one attached hydrogen (secondary N) is 1. The van der Waals surface area contributed by atoms with Crippen LogP contribution in [-0.2, 0) is 4.79 Å². The van der Waals surface area contributed by atoms with Gasteiger partial charge in [0.2, 0.25) is 0 Å². The molecule has 0 aromatic rings. The van der Waals surface area contributed by atoms with Gasteiger partial charge in [0, 0.05) is 6.54 Å². The van der Waals surface area contributed by atoms with Crippen LogP contribution in [0.1, 0.15) is 6.42 Å². The second kappa shape index (κ2) is 7.03. The Labute approximate surface area is 108 Å². The highest BCUT2D eigenvalue weighted by atomic mass is 19.3. The number of aliphatic hydroxyl groups excluding tert-OH is 1. The first-order chi connectivity index (χ1) is 8.93. The Balaban J connectivity index is 2.49. The quantitative estimate of drug-likeness (QED) is 0.609. The molecule has 0 aromatic carbocycles. The number of urea groups is 1. The largest absolute Gasteiger partial charge is 0.481 e. The SMILES string of the molecule is O=C(O)C1C=CC(NC(=O)N(CCO)CC(F)F)C1. The van der Waals surface area contributed by atoms with Gasteiger partial charge in [-0.2, -0.15) is 0 Å². The Hall–Kier alpha value is -1.70. The number of halogens is 2. The highest BCUT2D eigenvalue weighted by Crippen LogP contribution is 2.18. The predicted molar refractivity (Wildman–Crippen MR) is 61.9 cm³/mol. The first-order valence-corrected chi connectivity index (χ1v) is 5.79. The van der Waals surface area contributed by atoms with Gasteiger partial charge in [-0.15, -0.1) is 0 Å². The van der Waals surface area contributed by atoms with Crippen LogP contribution >= 0.6 is 0 Å². The van der Waals surface area contributed by atoms with Crippen LogP contribution < -0.4 is 5.32 Å². The van der Waals surface area contributed by atoms with E-state index in [1.165, 1.54) is 12.2 Å². The van der Waals surface area contributed by atoms with Gasteiger partial charge in [0.15, 0.2) is 0 Å². The molecule has 108 valence electrons. The minimum atomic E-state index is -2.69. The van der Waals surface area contributed by atoms with E-state index in [9.17, 15) is 18.4 Å². The molecular weight excluding hydrogens is 262 g/mol. The Morgan fingerprint density at radius 2 is 2.11 bits per heavy atom. The zero-order chi connectivity index (χ0) is 14.4. The van der Waals surface area contributed by atoms with Crippen molar-refractivity contribution in [3.63, 3.8) is 0 Å². The third kappa shape index (κ3) is 4.82. The molecule has 0 fully saturated rings. The van der Waals surface area contributed by atoms with Gasteiger partial charge in [0.25, 0.3) is 6.43 Å². The number of aliphatic carboxylic acids is 1. The summed E-state index contributed by atoms with van der Waals surface area (Å²) in [6, 6.07) is -1.23. The number of aliphatic hydroxyl groups is 1.